The van der Waals surface area contributed by atoms with Gasteiger partial charge >= 0.3 is 6.03 Å². The first-order chi connectivity index (χ1) is 17.7. The van der Waals surface area contributed by atoms with Gasteiger partial charge in [0, 0.05) is 38.6 Å². The third-order valence-corrected chi connectivity index (χ3v) is 7.31. The van der Waals surface area contributed by atoms with Gasteiger partial charge in [0.2, 0.25) is 0 Å². The monoisotopic (exact) mass is 480 g/mol. The second kappa shape index (κ2) is 10.9. The number of carbonyl (C=O) groups is 2. The average Bonchev–Trinajstić information content (AvgIpc) is 3.11. The van der Waals surface area contributed by atoms with Gasteiger partial charge in [-0.05, 0) is 42.0 Å². The zero-order valence-electron chi connectivity index (χ0n) is 20.5. The van der Waals surface area contributed by atoms with E-state index in [2.05, 4.69) is 46.3 Å². The summed E-state index contributed by atoms with van der Waals surface area (Å²) in [5, 5.41) is 0. The van der Waals surface area contributed by atoms with Crippen molar-refractivity contribution in [1.29, 1.82) is 0 Å². The van der Waals surface area contributed by atoms with Gasteiger partial charge in [0.15, 0.2) is 0 Å². The molecule has 184 valence electrons. The van der Waals surface area contributed by atoms with Crippen LogP contribution in [0.5, 0.6) is 0 Å². The van der Waals surface area contributed by atoms with Crippen molar-refractivity contribution >= 4 is 18.0 Å². The molecule has 36 heavy (non-hydrogen) atoms. The van der Waals surface area contributed by atoms with Gasteiger partial charge in [-0.1, -0.05) is 78.9 Å². The zero-order chi connectivity index (χ0) is 24.8. The molecule has 1 spiro atoms. The van der Waals surface area contributed by atoms with Gasteiger partial charge in [-0.25, -0.2) is 4.79 Å². The van der Waals surface area contributed by atoms with Gasteiger partial charge in [0.1, 0.15) is 5.54 Å². The summed E-state index contributed by atoms with van der Waals surface area (Å²) in [7, 11) is 0. The number of hydrogen-bond donors (Lipinski definition) is 0. The SMILES string of the molecule is O=C1N(Cc2cccnc2)C(=O)C2(CCN(C/C=C/c3ccccc3)CC2)N1CCc1ccccc1. The summed E-state index contributed by atoms with van der Waals surface area (Å²) < 4.78 is 0. The number of amides is 3. The van der Waals surface area contributed by atoms with Crippen LogP contribution in [-0.2, 0) is 17.8 Å². The van der Waals surface area contributed by atoms with Crippen molar-refractivity contribution in [2.24, 2.45) is 0 Å². The van der Waals surface area contributed by atoms with Crippen LogP contribution in [0.2, 0.25) is 0 Å². The third kappa shape index (κ3) is 5.09. The molecule has 2 aromatic carbocycles. The van der Waals surface area contributed by atoms with Crippen molar-refractivity contribution < 1.29 is 9.59 Å². The Morgan fingerprint density at radius 2 is 1.56 bits per heavy atom. The van der Waals surface area contributed by atoms with Crippen LogP contribution >= 0.6 is 0 Å². The summed E-state index contributed by atoms with van der Waals surface area (Å²) in [5.41, 5.74) is 2.44. The lowest BCUT2D eigenvalue weighted by molar-refractivity contribution is -0.136. The molecule has 2 fully saturated rings. The molecule has 2 aliphatic heterocycles. The maximum atomic E-state index is 13.8. The number of piperidine rings is 1. The van der Waals surface area contributed by atoms with Gasteiger partial charge in [-0.3, -0.25) is 19.6 Å². The van der Waals surface area contributed by atoms with Crippen LogP contribution in [0.25, 0.3) is 6.08 Å². The summed E-state index contributed by atoms with van der Waals surface area (Å²) in [6.07, 6.45) is 9.76. The molecule has 2 aliphatic rings. The van der Waals surface area contributed by atoms with E-state index in [4.69, 9.17) is 0 Å². The minimum absolute atomic E-state index is 0.0658. The molecule has 0 saturated carbocycles. The highest BCUT2D eigenvalue weighted by molar-refractivity contribution is 6.07. The molecule has 0 atom stereocenters. The fourth-order valence-corrected chi connectivity index (χ4v) is 5.28. The first-order valence-electron chi connectivity index (χ1n) is 12.7. The summed E-state index contributed by atoms with van der Waals surface area (Å²) >= 11 is 0. The molecule has 3 amide bonds. The standard InChI is InChI=1S/C30H32N4O2/c35-28-30(16-21-32(22-17-30)19-8-14-25-9-3-1-4-10-25)34(20-15-26-11-5-2-6-12-26)29(36)33(28)24-27-13-7-18-31-23-27/h1-14,18,23H,15-17,19-22,24H2/b14-8+. The molecule has 6 heteroatoms. The molecule has 6 nitrogen and oxygen atoms in total. The van der Waals surface area contributed by atoms with E-state index in [0.29, 0.717) is 19.4 Å². The molecule has 0 bridgehead atoms. The van der Waals surface area contributed by atoms with Crippen LogP contribution in [0, 0.1) is 0 Å². The van der Waals surface area contributed by atoms with E-state index in [9.17, 15) is 9.59 Å². The number of aromatic nitrogens is 1. The highest BCUT2D eigenvalue weighted by Gasteiger charge is 2.57. The van der Waals surface area contributed by atoms with E-state index >= 15 is 0 Å². The molecule has 0 N–H and O–H groups in total. The highest BCUT2D eigenvalue weighted by atomic mass is 16.2. The first kappa shape index (κ1) is 23.9. The predicted octanol–water partition coefficient (Wildman–Crippen LogP) is 4.64. The van der Waals surface area contributed by atoms with Gasteiger partial charge in [0.05, 0.1) is 6.54 Å². The lowest BCUT2D eigenvalue weighted by atomic mass is 9.85. The Balaban J connectivity index is 1.30. The Kier molecular flexibility index (Phi) is 7.23. The van der Waals surface area contributed by atoms with Crippen LogP contribution in [-0.4, -0.2) is 63.3 Å². The second-order valence-corrected chi connectivity index (χ2v) is 9.57. The molecule has 3 heterocycles. The molecular formula is C30H32N4O2. The van der Waals surface area contributed by atoms with Crippen molar-refractivity contribution in [2.45, 2.75) is 31.3 Å². The number of benzene rings is 2. The van der Waals surface area contributed by atoms with Crippen molar-refractivity contribution in [3.8, 4) is 0 Å². The van der Waals surface area contributed by atoms with Gasteiger partial charge in [-0.2, -0.15) is 0 Å². The summed E-state index contributed by atoms with van der Waals surface area (Å²) in [5.74, 6) is -0.0658. The minimum Gasteiger partial charge on any atom is -0.309 e. The maximum Gasteiger partial charge on any atom is 0.328 e. The lowest BCUT2D eigenvalue weighted by Crippen LogP contribution is -2.57. The number of rotatable bonds is 8. The van der Waals surface area contributed by atoms with E-state index in [1.165, 1.54) is 16.0 Å². The maximum absolute atomic E-state index is 13.8. The van der Waals surface area contributed by atoms with Crippen molar-refractivity contribution in [3.63, 3.8) is 0 Å². The quantitative estimate of drug-likeness (QED) is 0.441. The summed E-state index contributed by atoms with van der Waals surface area (Å²) in [6.45, 7) is 3.18. The Labute approximate surface area is 212 Å². The molecule has 0 unspecified atom stereocenters. The zero-order valence-corrected chi connectivity index (χ0v) is 20.5. The molecular weight excluding hydrogens is 448 g/mol. The summed E-state index contributed by atoms with van der Waals surface area (Å²) in [6, 6.07) is 24.0. The number of imide groups is 1. The van der Waals surface area contributed by atoms with E-state index in [1.54, 1.807) is 12.4 Å². The normalized spacial score (nSPS) is 18.0. The van der Waals surface area contributed by atoms with Gasteiger partial charge < -0.3 is 4.90 Å². The number of carbonyl (C=O) groups excluding carboxylic acids is 2. The minimum atomic E-state index is -0.770. The molecule has 3 aromatic rings. The number of pyridine rings is 1. The van der Waals surface area contributed by atoms with Crippen molar-refractivity contribution in [1.82, 2.24) is 19.7 Å². The van der Waals surface area contributed by atoms with E-state index in [1.807, 2.05) is 53.4 Å². The average molecular weight is 481 g/mol. The van der Waals surface area contributed by atoms with E-state index in [-0.39, 0.29) is 18.5 Å². The fraction of sp³-hybridized carbons (Fsp3) is 0.300. The van der Waals surface area contributed by atoms with Gasteiger partial charge in [-0.15, -0.1) is 0 Å². The molecule has 1 aromatic heterocycles. The Morgan fingerprint density at radius 1 is 0.861 bits per heavy atom. The van der Waals surface area contributed by atoms with Crippen molar-refractivity contribution in [3.05, 3.63) is 108 Å². The number of urea groups is 1. The summed E-state index contributed by atoms with van der Waals surface area (Å²) in [4.78, 5) is 37.3. The van der Waals surface area contributed by atoms with Gasteiger partial charge in [0.25, 0.3) is 5.91 Å². The first-order valence-corrected chi connectivity index (χ1v) is 12.7. The van der Waals surface area contributed by atoms with E-state index in [0.717, 1.165) is 31.6 Å². The van der Waals surface area contributed by atoms with Crippen LogP contribution in [0.15, 0.2) is 91.3 Å². The Bertz CT molecular complexity index is 1190. The lowest BCUT2D eigenvalue weighted by Gasteiger charge is -2.42. The third-order valence-electron chi connectivity index (χ3n) is 7.31. The molecule has 0 aliphatic carbocycles. The highest BCUT2D eigenvalue weighted by Crippen LogP contribution is 2.38. The molecule has 0 radical (unpaired) electrons. The van der Waals surface area contributed by atoms with E-state index < -0.39 is 5.54 Å². The molecule has 5 rings (SSSR count). The largest absolute Gasteiger partial charge is 0.328 e. The number of likely N-dealkylation sites (tertiary alicyclic amines) is 1. The number of hydrogen-bond acceptors (Lipinski definition) is 4. The predicted molar refractivity (Wildman–Crippen MR) is 141 cm³/mol. The molecule has 2 saturated heterocycles. The Hall–Kier alpha value is -3.77. The number of nitrogens with zero attached hydrogens (tertiary/aromatic N) is 4. The van der Waals surface area contributed by atoms with Crippen LogP contribution in [0.3, 0.4) is 0 Å². The second-order valence-electron chi connectivity index (χ2n) is 9.57. The fourth-order valence-electron chi connectivity index (χ4n) is 5.28. The topological polar surface area (TPSA) is 56.8 Å². The van der Waals surface area contributed by atoms with Crippen molar-refractivity contribution in [2.75, 3.05) is 26.2 Å². The van der Waals surface area contributed by atoms with Crippen LogP contribution < -0.4 is 0 Å². The smallest absolute Gasteiger partial charge is 0.309 e. The van der Waals surface area contributed by atoms with Crippen LogP contribution in [0.4, 0.5) is 4.79 Å². The Morgan fingerprint density at radius 3 is 2.25 bits per heavy atom. The van der Waals surface area contributed by atoms with Crippen LogP contribution in [0.1, 0.15) is 29.5 Å².